The summed E-state index contributed by atoms with van der Waals surface area (Å²) in [5.74, 6) is 0. The fourth-order valence-electron chi connectivity index (χ4n) is 1.62. The Labute approximate surface area is 109 Å². The van der Waals surface area contributed by atoms with E-state index in [-0.39, 0.29) is 5.56 Å². The zero-order valence-corrected chi connectivity index (χ0v) is 10.5. The van der Waals surface area contributed by atoms with Crippen molar-refractivity contribution in [2.24, 2.45) is 0 Å². The minimum atomic E-state index is -4.54. The topological polar surface area (TPSA) is 56.0 Å². The number of anilines is 1. The molecule has 0 aliphatic rings. The number of aliphatic hydroxyl groups is 1. The van der Waals surface area contributed by atoms with E-state index in [1.165, 1.54) is 12.1 Å². The molecule has 0 aliphatic heterocycles. The minimum absolute atomic E-state index is 0.317. The number of benzene rings is 1. The lowest BCUT2D eigenvalue weighted by Gasteiger charge is -2.12. The SMILES string of the molecule is CC(O)CCCNc1ccc(C#N)c(C(F)(F)F)c1. The molecule has 0 aromatic heterocycles. The second-order valence-electron chi connectivity index (χ2n) is 4.29. The van der Waals surface area contributed by atoms with Gasteiger partial charge in [0.25, 0.3) is 0 Å². The molecule has 104 valence electrons. The maximum atomic E-state index is 12.7. The van der Waals surface area contributed by atoms with Crippen LogP contribution < -0.4 is 5.32 Å². The Hall–Kier alpha value is -1.74. The summed E-state index contributed by atoms with van der Waals surface area (Å²) >= 11 is 0. The highest BCUT2D eigenvalue weighted by Gasteiger charge is 2.33. The van der Waals surface area contributed by atoms with E-state index in [0.29, 0.717) is 25.1 Å². The molecule has 3 nitrogen and oxygen atoms in total. The number of aliphatic hydroxyl groups excluding tert-OH is 1. The number of halogens is 3. The molecular formula is C13H15F3N2O. The molecular weight excluding hydrogens is 257 g/mol. The molecule has 0 spiro atoms. The van der Waals surface area contributed by atoms with Gasteiger partial charge in [0.05, 0.1) is 23.3 Å². The molecule has 19 heavy (non-hydrogen) atoms. The predicted octanol–water partition coefficient (Wildman–Crippen LogP) is 3.15. The van der Waals surface area contributed by atoms with Crippen LogP contribution in [-0.4, -0.2) is 17.8 Å². The summed E-state index contributed by atoms with van der Waals surface area (Å²) in [5, 5.41) is 20.5. The minimum Gasteiger partial charge on any atom is -0.393 e. The Morgan fingerprint density at radius 1 is 1.42 bits per heavy atom. The number of hydrogen-bond donors (Lipinski definition) is 2. The van der Waals surface area contributed by atoms with Crippen molar-refractivity contribution in [2.45, 2.75) is 32.0 Å². The van der Waals surface area contributed by atoms with Crippen molar-refractivity contribution < 1.29 is 18.3 Å². The molecule has 0 saturated heterocycles. The summed E-state index contributed by atoms with van der Waals surface area (Å²) < 4.78 is 38.1. The van der Waals surface area contributed by atoms with Crippen LogP contribution >= 0.6 is 0 Å². The molecule has 0 heterocycles. The Kier molecular flexibility index (Phi) is 5.19. The van der Waals surface area contributed by atoms with Crippen molar-refractivity contribution in [1.29, 1.82) is 5.26 Å². The lowest BCUT2D eigenvalue weighted by molar-refractivity contribution is -0.137. The van der Waals surface area contributed by atoms with Crippen molar-refractivity contribution >= 4 is 5.69 Å². The Morgan fingerprint density at radius 3 is 2.63 bits per heavy atom. The third kappa shape index (κ3) is 4.79. The lowest BCUT2D eigenvalue weighted by Crippen LogP contribution is -2.10. The fourth-order valence-corrected chi connectivity index (χ4v) is 1.62. The van der Waals surface area contributed by atoms with Crippen molar-refractivity contribution in [1.82, 2.24) is 0 Å². The molecule has 1 rings (SSSR count). The van der Waals surface area contributed by atoms with Crippen LogP contribution in [0.2, 0.25) is 0 Å². The zero-order chi connectivity index (χ0) is 14.5. The van der Waals surface area contributed by atoms with Gasteiger partial charge in [0.2, 0.25) is 0 Å². The van der Waals surface area contributed by atoms with Crippen molar-refractivity contribution in [2.75, 3.05) is 11.9 Å². The van der Waals surface area contributed by atoms with Crippen molar-refractivity contribution in [3.8, 4) is 6.07 Å². The Bertz CT molecular complexity index is 464. The van der Waals surface area contributed by atoms with Gasteiger partial charge in [-0.3, -0.25) is 0 Å². The molecule has 1 atom stereocenters. The van der Waals surface area contributed by atoms with Gasteiger partial charge in [0.1, 0.15) is 0 Å². The number of nitrogens with zero attached hydrogens (tertiary/aromatic N) is 1. The van der Waals surface area contributed by atoms with Gasteiger partial charge in [0, 0.05) is 12.2 Å². The third-order valence-electron chi connectivity index (χ3n) is 2.57. The molecule has 1 unspecified atom stereocenters. The maximum Gasteiger partial charge on any atom is 0.417 e. The number of nitrogens with one attached hydrogen (secondary N) is 1. The molecule has 6 heteroatoms. The van der Waals surface area contributed by atoms with E-state index >= 15 is 0 Å². The quantitative estimate of drug-likeness (QED) is 0.809. The molecule has 0 fully saturated rings. The summed E-state index contributed by atoms with van der Waals surface area (Å²) in [4.78, 5) is 0. The monoisotopic (exact) mass is 272 g/mol. The van der Waals surface area contributed by atoms with Crippen LogP contribution in [0.5, 0.6) is 0 Å². The van der Waals surface area contributed by atoms with Crippen LogP contribution in [0.15, 0.2) is 18.2 Å². The highest BCUT2D eigenvalue weighted by atomic mass is 19.4. The van der Waals surface area contributed by atoms with Gasteiger partial charge in [-0.05, 0) is 38.0 Å². The van der Waals surface area contributed by atoms with E-state index in [1.807, 2.05) is 0 Å². The van der Waals surface area contributed by atoms with Crippen LogP contribution in [0.1, 0.15) is 30.9 Å². The van der Waals surface area contributed by atoms with Crippen LogP contribution in [-0.2, 0) is 6.18 Å². The average Bonchev–Trinajstić information content (AvgIpc) is 2.33. The molecule has 0 amide bonds. The first kappa shape index (κ1) is 15.3. The Morgan fingerprint density at radius 2 is 2.11 bits per heavy atom. The predicted molar refractivity (Wildman–Crippen MR) is 65.6 cm³/mol. The third-order valence-corrected chi connectivity index (χ3v) is 2.57. The Balaban J connectivity index is 2.74. The van der Waals surface area contributed by atoms with Crippen molar-refractivity contribution in [3.63, 3.8) is 0 Å². The second-order valence-corrected chi connectivity index (χ2v) is 4.29. The molecule has 2 N–H and O–H groups in total. The van der Waals surface area contributed by atoms with Gasteiger partial charge in [-0.2, -0.15) is 18.4 Å². The van der Waals surface area contributed by atoms with Crippen LogP contribution in [0.3, 0.4) is 0 Å². The molecule has 0 saturated carbocycles. The summed E-state index contributed by atoms with van der Waals surface area (Å²) in [6.45, 7) is 2.12. The van der Waals surface area contributed by atoms with E-state index in [9.17, 15) is 13.2 Å². The molecule has 0 radical (unpaired) electrons. The first-order valence-electron chi connectivity index (χ1n) is 5.88. The standard InChI is InChI=1S/C13H15F3N2O/c1-9(19)3-2-6-18-11-5-4-10(8-17)12(7-11)13(14,15)16/h4-5,7,9,18-19H,2-3,6H2,1H3. The van der Waals surface area contributed by atoms with Gasteiger partial charge in [-0.25, -0.2) is 0 Å². The largest absolute Gasteiger partial charge is 0.417 e. The summed E-state index contributed by atoms with van der Waals surface area (Å²) in [6.07, 6.45) is -3.73. The second kappa shape index (κ2) is 6.43. The number of hydrogen-bond acceptors (Lipinski definition) is 3. The van der Waals surface area contributed by atoms with E-state index < -0.39 is 17.8 Å². The van der Waals surface area contributed by atoms with E-state index in [4.69, 9.17) is 10.4 Å². The van der Waals surface area contributed by atoms with Crippen molar-refractivity contribution in [3.05, 3.63) is 29.3 Å². The van der Waals surface area contributed by atoms with Gasteiger partial charge in [-0.15, -0.1) is 0 Å². The summed E-state index contributed by atoms with van der Waals surface area (Å²) in [5.41, 5.74) is -1.01. The molecule has 0 bridgehead atoms. The van der Waals surface area contributed by atoms with E-state index in [0.717, 1.165) is 12.1 Å². The van der Waals surface area contributed by atoms with E-state index in [2.05, 4.69) is 5.32 Å². The molecule has 1 aromatic carbocycles. The highest BCUT2D eigenvalue weighted by Crippen LogP contribution is 2.33. The number of rotatable bonds is 5. The van der Waals surface area contributed by atoms with Crippen LogP contribution in [0.4, 0.5) is 18.9 Å². The number of alkyl halides is 3. The highest BCUT2D eigenvalue weighted by molar-refractivity contribution is 5.53. The molecule has 1 aromatic rings. The number of nitriles is 1. The first-order valence-corrected chi connectivity index (χ1v) is 5.88. The lowest BCUT2D eigenvalue weighted by atomic mass is 10.1. The maximum absolute atomic E-state index is 12.7. The van der Waals surface area contributed by atoms with Gasteiger partial charge >= 0.3 is 6.18 Å². The van der Waals surface area contributed by atoms with E-state index in [1.54, 1.807) is 6.92 Å². The fraction of sp³-hybridized carbons (Fsp3) is 0.462. The van der Waals surface area contributed by atoms with Crippen LogP contribution in [0, 0.1) is 11.3 Å². The van der Waals surface area contributed by atoms with Crippen LogP contribution in [0.25, 0.3) is 0 Å². The summed E-state index contributed by atoms with van der Waals surface area (Å²) in [7, 11) is 0. The molecule has 0 aliphatic carbocycles. The first-order chi connectivity index (χ1) is 8.84. The van der Waals surface area contributed by atoms with Gasteiger partial charge < -0.3 is 10.4 Å². The van der Waals surface area contributed by atoms with Gasteiger partial charge in [-0.1, -0.05) is 0 Å². The normalized spacial score (nSPS) is 12.8. The zero-order valence-electron chi connectivity index (χ0n) is 10.5. The summed E-state index contributed by atoms with van der Waals surface area (Å²) in [6, 6.07) is 5.06. The van der Waals surface area contributed by atoms with Gasteiger partial charge in [0.15, 0.2) is 0 Å². The smallest absolute Gasteiger partial charge is 0.393 e. The average molecular weight is 272 g/mol.